The molecule has 0 aliphatic carbocycles. The van der Waals surface area contributed by atoms with Gasteiger partial charge in [0.25, 0.3) is 0 Å². The van der Waals surface area contributed by atoms with E-state index in [2.05, 4.69) is 5.32 Å². The van der Waals surface area contributed by atoms with E-state index in [4.69, 9.17) is 9.47 Å². The molecule has 2 rings (SSSR count). The Morgan fingerprint density at radius 1 is 1.35 bits per heavy atom. The molecule has 88 valence electrons. The van der Waals surface area contributed by atoms with E-state index in [0.717, 1.165) is 5.56 Å². The topological polar surface area (TPSA) is 47.6 Å². The van der Waals surface area contributed by atoms with Crippen molar-refractivity contribution in [3.8, 4) is 0 Å². The van der Waals surface area contributed by atoms with Crippen LogP contribution >= 0.6 is 0 Å². The Bertz CT molecular complexity index is 437. The molecule has 0 bridgehead atoms. The summed E-state index contributed by atoms with van der Waals surface area (Å²) in [5.41, 5.74) is 1.65. The van der Waals surface area contributed by atoms with Gasteiger partial charge in [0.1, 0.15) is 13.2 Å². The summed E-state index contributed by atoms with van der Waals surface area (Å²) in [6.07, 6.45) is 4.51. The smallest absolute Gasteiger partial charge is 0.411 e. The number of benzene rings is 1. The third kappa shape index (κ3) is 3.68. The summed E-state index contributed by atoms with van der Waals surface area (Å²) in [5.74, 6) is 0. The van der Waals surface area contributed by atoms with E-state index >= 15 is 0 Å². The highest BCUT2D eigenvalue weighted by atomic mass is 16.5. The van der Waals surface area contributed by atoms with Crippen LogP contribution in [0.2, 0.25) is 0 Å². The quantitative estimate of drug-likeness (QED) is 0.868. The van der Waals surface area contributed by atoms with Gasteiger partial charge in [-0.2, -0.15) is 0 Å². The molecule has 0 radical (unpaired) electrons. The monoisotopic (exact) mass is 231 g/mol. The first kappa shape index (κ1) is 11.3. The van der Waals surface area contributed by atoms with Gasteiger partial charge < -0.3 is 9.47 Å². The van der Waals surface area contributed by atoms with Gasteiger partial charge in [-0.25, -0.2) is 4.79 Å². The molecule has 17 heavy (non-hydrogen) atoms. The first-order valence-electron chi connectivity index (χ1n) is 5.30. The SMILES string of the molecule is O=C(NC1=CCOC=C1)OCc1ccccc1. The lowest BCUT2D eigenvalue weighted by atomic mass is 10.2. The minimum Gasteiger partial charge on any atom is -0.497 e. The summed E-state index contributed by atoms with van der Waals surface area (Å²) in [5, 5.41) is 2.62. The average molecular weight is 231 g/mol. The minimum atomic E-state index is -0.466. The molecule has 1 amide bonds. The van der Waals surface area contributed by atoms with Crippen LogP contribution in [0.1, 0.15) is 5.56 Å². The Morgan fingerprint density at radius 3 is 2.88 bits per heavy atom. The molecule has 4 nitrogen and oxygen atoms in total. The lowest BCUT2D eigenvalue weighted by Gasteiger charge is -2.10. The number of hydrogen-bond donors (Lipinski definition) is 1. The number of carbonyl (C=O) groups is 1. The normalized spacial score (nSPS) is 13.5. The molecule has 4 heteroatoms. The zero-order chi connectivity index (χ0) is 11.9. The van der Waals surface area contributed by atoms with Crippen LogP contribution in [0, 0.1) is 0 Å². The number of rotatable bonds is 3. The maximum atomic E-state index is 11.4. The van der Waals surface area contributed by atoms with Gasteiger partial charge in [-0.15, -0.1) is 0 Å². The molecule has 1 heterocycles. The van der Waals surface area contributed by atoms with Crippen LogP contribution < -0.4 is 5.32 Å². The summed E-state index contributed by atoms with van der Waals surface area (Å²) >= 11 is 0. The zero-order valence-electron chi connectivity index (χ0n) is 9.26. The van der Waals surface area contributed by atoms with Crippen molar-refractivity contribution in [3.05, 3.63) is 60.0 Å². The molecular weight excluding hydrogens is 218 g/mol. The number of allylic oxidation sites excluding steroid dienone is 1. The van der Waals surface area contributed by atoms with Gasteiger partial charge in [0.15, 0.2) is 0 Å². The van der Waals surface area contributed by atoms with E-state index in [-0.39, 0.29) is 6.61 Å². The molecule has 0 aromatic heterocycles. The van der Waals surface area contributed by atoms with E-state index < -0.39 is 6.09 Å². The van der Waals surface area contributed by atoms with Crippen LogP contribution in [-0.2, 0) is 16.1 Å². The van der Waals surface area contributed by atoms with Gasteiger partial charge in [0, 0.05) is 5.70 Å². The minimum absolute atomic E-state index is 0.264. The maximum absolute atomic E-state index is 11.4. The van der Waals surface area contributed by atoms with Crippen molar-refractivity contribution < 1.29 is 14.3 Å². The van der Waals surface area contributed by atoms with Crippen molar-refractivity contribution in [2.75, 3.05) is 6.61 Å². The number of ether oxygens (including phenoxy) is 2. The van der Waals surface area contributed by atoms with Crippen molar-refractivity contribution in [2.24, 2.45) is 0 Å². The van der Waals surface area contributed by atoms with E-state index in [1.54, 1.807) is 12.2 Å². The molecule has 1 aromatic rings. The third-order valence-electron chi connectivity index (χ3n) is 2.20. The average Bonchev–Trinajstić information content (AvgIpc) is 2.39. The Hall–Kier alpha value is -2.23. The molecule has 1 aliphatic rings. The fraction of sp³-hybridized carbons (Fsp3) is 0.154. The Morgan fingerprint density at radius 2 is 2.18 bits per heavy atom. The number of carbonyl (C=O) groups excluding carboxylic acids is 1. The first-order chi connectivity index (χ1) is 8.34. The molecule has 0 unspecified atom stereocenters. The van der Waals surface area contributed by atoms with Crippen molar-refractivity contribution in [2.45, 2.75) is 6.61 Å². The van der Waals surface area contributed by atoms with E-state index in [9.17, 15) is 4.79 Å². The fourth-order valence-corrected chi connectivity index (χ4v) is 1.35. The van der Waals surface area contributed by atoms with Crippen molar-refractivity contribution in [3.63, 3.8) is 0 Å². The third-order valence-corrected chi connectivity index (χ3v) is 2.20. The van der Waals surface area contributed by atoms with E-state index in [0.29, 0.717) is 12.3 Å². The first-order valence-corrected chi connectivity index (χ1v) is 5.30. The number of nitrogens with one attached hydrogen (secondary N) is 1. The highest BCUT2D eigenvalue weighted by molar-refractivity contribution is 5.70. The van der Waals surface area contributed by atoms with Gasteiger partial charge in [-0.1, -0.05) is 30.3 Å². The van der Waals surface area contributed by atoms with Crippen LogP contribution in [0.5, 0.6) is 0 Å². The van der Waals surface area contributed by atoms with Crippen LogP contribution in [0.3, 0.4) is 0 Å². The molecule has 1 aromatic carbocycles. The Labute approximate surface area is 99.5 Å². The number of alkyl carbamates (subject to hydrolysis) is 1. The number of amides is 1. The Balaban J connectivity index is 1.78. The van der Waals surface area contributed by atoms with Gasteiger partial charge in [-0.3, -0.25) is 5.32 Å². The summed E-state index contributed by atoms with van der Waals surface area (Å²) < 4.78 is 10.0. The maximum Gasteiger partial charge on any atom is 0.411 e. The lowest BCUT2D eigenvalue weighted by Crippen LogP contribution is -2.23. The van der Waals surface area contributed by atoms with Gasteiger partial charge in [0.2, 0.25) is 0 Å². The molecule has 0 spiro atoms. The summed E-state index contributed by atoms with van der Waals surface area (Å²) in [6, 6.07) is 9.53. The second kappa shape index (κ2) is 5.75. The second-order valence-electron chi connectivity index (χ2n) is 3.48. The second-order valence-corrected chi connectivity index (χ2v) is 3.48. The van der Waals surface area contributed by atoms with E-state index in [1.807, 2.05) is 30.3 Å². The largest absolute Gasteiger partial charge is 0.497 e. The molecule has 0 saturated heterocycles. The fourth-order valence-electron chi connectivity index (χ4n) is 1.35. The van der Waals surface area contributed by atoms with Gasteiger partial charge >= 0.3 is 6.09 Å². The van der Waals surface area contributed by atoms with Crippen LogP contribution in [0.4, 0.5) is 4.79 Å². The standard InChI is InChI=1S/C13H13NO3/c15-13(14-12-6-8-16-9-7-12)17-10-11-4-2-1-3-5-11/h1-8H,9-10H2,(H,14,15). The van der Waals surface area contributed by atoms with Crippen LogP contribution in [-0.4, -0.2) is 12.7 Å². The molecular formula is C13H13NO3. The molecule has 0 fully saturated rings. The molecule has 0 saturated carbocycles. The predicted molar refractivity (Wildman–Crippen MR) is 62.9 cm³/mol. The molecule has 1 aliphatic heterocycles. The highest BCUT2D eigenvalue weighted by Gasteiger charge is 2.05. The van der Waals surface area contributed by atoms with Crippen molar-refractivity contribution >= 4 is 6.09 Å². The van der Waals surface area contributed by atoms with Crippen molar-refractivity contribution in [1.29, 1.82) is 0 Å². The molecule has 1 N–H and O–H groups in total. The highest BCUT2D eigenvalue weighted by Crippen LogP contribution is 2.03. The number of hydrogen-bond acceptors (Lipinski definition) is 3. The summed E-state index contributed by atoms with van der Waals surface area (Å²) in [4.78, 5) is 11.4. The summed E-state index contributed by atoms with van der Waals surface area (Å²) in [7, 11) is 0. The zero-order valence-corrected chi connectivity index (χ0v) is 9.26. The van der Waals surface area contributed by atoms with Gasteiger partial charge in [0.05, 0.1) is 6.26 Å². The molecule has 0 atom stereocenters. The predicted octanol–water partition coefficient (Wildman–Crippen LogP) is 2.34. The Kier molecular flexibility index (Phi) is 3.81. The van der Waals surface area contributed by atoms with Crippen LogP contribution in [0.25, 0.3) is 0 Å². The van der Waals surface area contributed by atoms with Gasteiger partial charge in [-0.05, 0) is 17.7 Å². The van der Waals surface area contributed by atoms with Crippen LogP contribution in [0.15, 0.2) is 54.4 Å². The summed E-state index contributed by atoms with van der Waals surface area (Å²) in [6.45, 7) is 0.727. The van der Waals surface area contributed by atoms with E-state index in [1.165, 1.54) is 6.26 Å². The van der Waals surface area contributed by atoms with Crippen molar-refractivity contribution in [1.82, 2.24) is 5.32 Å². The lowest BCUT2D eigenvalue weighted by molar-refractivity contribution is 0.142.